The van der Waals surface area contributed by atoms with Gasteiger partial charge in [-0.25, -0.2) is 18.6 Å². The summed E-state index contributed by atoms with van der Waals surface area (Å²) in [5.41, 5.74) is -0.493. The van der Waals surface area contributed by atoms with Gasteiger partial charge in [0.2, 0.25) is 0 Å². The van der Waals surface area contributed by atoms with Crippen molar-refractivity contribution in [2.45, 2.75) is 18.8 Å². The summed E-state index contributed by atoms with van der Waals surface area (Å²) in [6.07, 6.45) is 1.87. The average molecular weight is 295 g/mol. The van der Waals surface area contributed by atoms with Crippen molar-refractivity contribution in [3.8, 4) is 0 Å². The van der Waals surface area contributed by atoms with E-state index < -0.39 is 17.6 Å². The highest BCUT2D eigenvalue weighted by Gasteiger charge is 2.25. The summed E-state index contributed by atoms with van der Waals surface area (Å²) >= 11 is 0. The minimum Gasteiger partial charge on any atom is -0.478 e. The van der Waals surface area contributed by atoms with E-state index in [4.69, 9.17) is 5.11 Å². The normalized spacial score (nSPS) is 20.0. The van der Waals surface area contributed by atoms with Crippen LogP contribution in [0.15, 0.2) is 6.07 Å². The minimum absolute atomic E-state index is 0.0460. The first kappa shape index (κ1) is 13.9. The zero-order valence-electron chi connectivity index (χ0n) is 11.5. The molecule has 2 aromatic rings. The molecule has 0 spiro atoms. The summed E-state index contributed by atoms with van der Waals surface area (Å²) in [4.78, 5) is 20.3. The molecule has 1 aromatic carbocycles. The van der Waals surface area contributed by atoms with E-state index in [2.05, 4.69) is 14.9 Å². The summed E-state index contributed by atoms with van der Waals surface area (Å²) < 4.78 is 27.3. The molecule has 112 valence electrons. The number of likely N-dealkylation sites (N-methyl/N-ethyl adjacent to an activating group) is 1. The van der Waals surface area contributed by atoms with E-state index in [0.29, 0.717) is 11.9 Å². The third kappa shape index (κ3) is 2.37. The van der Waals surface area contributed by atoms with Gasteiger partial charge in [-0.2, -0.15) is 0 Å². The molecular formula is C14H15F2N3O2. The molecule has 1 aromatic heterocycles. The van der Waals surface area contributed by atoms with Crippen molar-refractivity contribution in [3.05, 3.63) is 29.1 Å². The predicted molar refractivity (Wildman–Crippen MR) is 72.4 cm³/mol. The number of rotatable bonds is 2. The molecule has 7 heteroatoms. The molecule has 1 saturated heterocycles. The molecule has 0 radical (unpaired) electrons. The first-order valence-electron chi connectivity index (χ1n) is 6.77. The zero-order chi connectivity index (χ0) is 15.1. The highest BCUT2D eigenvalue weighted by atomic mass is 19.2. The van der Waals surface area contributed by atoms with Crippen LogP contribution in [-0.4, -0.2) is 46.1 Å². The Kier molecular flexibility index (Phi) is 3.36. The Morgan fingerprint density at radius 1 is 1.52 bits per heavy atom. The Hall–Kier alpha value is -2.02. The second-order valence-electron chi connectivity index (χ2n) is 5.47. The van der Waals surface area contributed by atoms with E-state index >= 15 is 0 Å². The first-order valence-corrected chi connectivity index (χ1v) is 6.77. The highest BCUT2D eigenvalue weighted by molar-refractivity contribution is 6.01. The zero-order valence-corrected chi connectivity index (χ0v) is 11.5. The van der Waals surface area contributed by atoms with Crippen molar-refractivity contribution in [3.63, 3.8) is 0 Å². The fraction of sp³-hybridized carbons (Fsp3) is 0.429. The van der Waals surface area contributed by atoms with Crippen LogP contribution in [0.25, 0.3) is 11.0 Å². The van der Waals surface area contributed by atoms with Crippen molar-refractivity contribution in [2.24, 2.45) is 0 Å². The minimum atomic E-state index is -1.31. The van der Waals surface area contributed by atoms with Gasteiger partial charge < -0.3 is 15.0 Å². The van der Waals surface area contributed by atoms with Crippen molar-refractivity contribution >= 4 is 17.0 Å². The number of halogens is 2. The lowest BCUT2D eigenvalue weighted by Crippen LogP contribution is -2.31. The molecule has 21 heavy (non-hydrogen) atoms. The molecule has 1 atom stereocenters. The molecule has 3 rings (SSSR count). The lowest BCUT2D eigenvalue weighted by molar-refractivity contribution is 0.0698. The number of carboxylic acid groups (broad SMARTS) is 1. The number of benzene rings is 1. The fourth-order valence-electron chi connectivity index (χ4n) is 2.87. The van der Waals surface area contributed by atoms with Gasteiger partial charge in [-0.1, -0.05) is 0 Å². The lowest BCUT2D eigenvalue weighted by atomic mass is 9.98. The quantitative estimate of drug-likeness (QED) is 0.892. The van der Waals surface area contributed by atoms with Crippen LogP contribution in [-0.2, 0) is 0 Å². The summed E-state index contributed by atoms with van der Waals surface area (Å²) in [5.74, 6) is -3.03. The molecule has 1 fully saturated rings. The van der Waals surface area contributed by atoms with Crippen molar-refractivity contribution in [1.29, 1.82) is 0 Å². The molecule has 1 aliphatic rings. The molecule has 0 aliphatic carbocycles. The number of likely N-dealkylation sites (tertiary alicyclic amines) is 1. The smallest absolute Gasteiger partial charge is 0.338 e. The van der Waals surface area contributed by atoms with Crippen molar-refractivity contribution in [2.75, 3.05) is 20.1 Å². The fourth-order valence-corrected chi connectivity index (χ4v) is 2.87. The molecule has 0 amide bonds. The number of nitrogens with zero attached hydrogens (tertiary/aromatic N) is 2. The number of imidazole rings is 1. The number of H-pyrrole nitrogens is 1. The standard InChI is InChI=1S/C14H15F2N3O2/c1-19-4-2-3-7(6-19)13-17-11-8(14(20)21)5-9(15)10(16)12(11)18-13/h5,7H,2-4,6H2,1H3,(H,17,18)(H,20,21). The number of hydrogen-bond donors (Lipinski definition) is 2. The van der Waals surface area contributed by atoms with Crippen LogP contribution in [0.3, 0.4) is 0 Å². The molecule has 0 saturated carbocycles. The second kappa shape index (κ2) is 5.07. The van der Waals surface area contributed by atoms with E-state index in [0.717, 1.165) is 25.9 Å². The summed E-state index contributed by atoms with van der Waals surface area (Å²) in [5, 5.41) is 9.11. The maximum atomic E-state index is 13.8. The molecule has 1 aliphatic heterocycles. The van der Waals surface area contributed by atoms with Gasteiger partial charge >= 0.3 is 5.97 Å². The van der Waals surface area contributed by atoms with Gasteiger partial charge in [0.15, 0.2) is 11.6 Å². The van der Waals surface area contributed by atoms with Gasteiger partial charge in [0.05, 0.1) is 11.1 Å². The monoisotopic (exact) mass is 295 g/mol. The number of aromatic amines is 1. The van der Waals surface area contributed by atoms with Gasteiger partial charge in [0.25, 0.3) is 0 Å². The highest BCUT2D eigenvalue weighted by Crippen LogP contribution is 2.29. The third-order valence-electron chi connectivity index (χ3n) is 3.92. The Labute approximate surface area is 119 Å². The summed E-state index contributed by atoms with van der Waals surface area (Å²) in [7, 11) is 1.98. The number of carboxylic acids is 1. The molecule has 1 unspecified atom stereocenters. The largest absolute Gasteiger partial charge is 0.478 e. The van der Waals surface area contributed by atoms with E-state index in [-0.39, 0.29) is 22.5 Å². The van der Waals surface area contributed by atoms with Crippen LogP contribution in [0.1, 0.15) is 34.9 Å². The first-order chi connectivity index (χ1) is 9.97. The maximum absolute atomic E-state index is 13.8. The number of nitrogens with one attached hydrogen (secondary N) is 1. The van der Waals surface area contributed by atoms with E-state index in [1.54, 1.807) is 0 Å². The van der Waals surface area contributed by atoms with Gasteiger partial charge in [-0.15, -0.1) is 0 Å². The third-order valence-corrected chi connectivity index (χ3v) is 3.92. The number of aromatic nitrogens is 2. The van der Waals surface area contributed by atoms with Crippen LogP contribution in [0.2, 0.25) is 0 Å². The van der Waals surface area contributed by atoms with E-state index in [1.807, 2.05) is 7.05 Å². The van der Waals surface area contributed by atoms with Crippen LogP contribution >= 0.6 is 0 Å². The molecule has 2 heterocycles. The van der Waals surface area contributed by atoms with Crippen LogP contribution in [0.4, 0.5) is 8.78 Å². The summed E-state index contributed by atoms with van der Waals surface area (Å²) in [6, 6.07) is 0.689. The van der Waals surface area contributed by atoms with Gasteiger partial charge in [-0.05, 0) is 32.5 Å². The van der Waals surface area contributed by atoms with Crippen molar-refractivity contribution in [1.82, 2.24) is 14.9 Å². The number of piperidine rings is 1. The Bertz CT molecular complexity index is 714. The number of hydrogen-bond acceptors (Lipinski definition) is 3. The Morgan fingerprint density at radius 3 is 2.95 bits per heavy atom. The average Bonchev–Trinajstić information content (AvgIpc) is 2.88. The predicted octanol–water partition coefficient (Wildman–Crippen LogP) is 2.35. The number of fused-ring (bicyclic) bond motifs is 1. The van der Waals surface area contributed by atoms with Crippen LogP contribution in [0.5, 0.6) is 0 Å². The lowest BCUT2D eigenvalue weighted by Gasteiger charge is -2.28. The van der Waals surface area contributed by atoms with Crippen LogP contribution < -0.4 is 0 Å². The van der Waals surface area contributed by atoms with Crippen molar-refractivity contribution < 1.29 is 18.7 Å². The van der Waals surface area contributed by atoms with Crippen LogP contribution in [0, 0.1) is 11.6 Å². The topological polar surface area (TPSA) is 69.2 Å². The maximum Gasteiger partial charge on any atom is 0.338 e. The Morgan fingerprint density at radius 2 is 2.29 bits per heavy atom. The molecular weight excluding hydrogens is 280 g/mol. The van der Waals surface area contributed by atoms with Gasteiger partial charge in [0.1, 0.15) is 11.3 Å². The SMILES string of the molecule is CN1CCCC(c2nc3c(F)c(F)cc(C(=O)O)c3[nH]2)C1. The number of carbonyl (C=O) groups is 1. The number of aromatic carboxylic acids is 1. The second-order valence-corrected chi connectivity index (χ2v) is 5.47. The van der Waals surface area contributed by atoms with E-state index in [9.17, 15) is 13.6 Å². The molecule has 5 nitrogen and oxygen atoms in total. The molecule has 0 bridgehead atoms. The molecule has 2 N–H and O–H groups in total. The van der Waals surface area contributed by atoms with Gasteiger partial charge in [0, 0.05) is 12.5 Å². The Balaban J connectivity index is 2.12. The van der Waals surface area contributed by atoms with E-state index in [1.165, 1.54) is 0 Å². The van der Waals surface area contributed by atoms with Gasteiger partial charge in [-0.3, -0.25) is 0 Å². The summed E-state index contributed by atoms with van der Waals surface area (Å²) in [6.45, 7) is 1.74.